The molecule has 1 amide bonds. The lowest BCUT2D eigenvalue weighted by atomic mass is 10.0. The van der Waals surface area contributed by atoms with Crippen LogP contribution >= 0.6 is 11.6 Å². The summed E-state index contributed by atoms with van der Waals surface area (Å²) < 4.78 is 29.1. The van der Waals surface area contributed by atoms with Crippen LogP contribution < -0.4 is 10.1 Å². The molecule has 0 saturated heterocycles. The summed E-state index contributed by atoms with van der Waals surface area (Å²) in [7, 11) is 0. The summed E-state index contributed by atoms with van der Waals surface area (Å²) in [5, 5.41) is 28.1. The molecule has 0 saturated carbocycles. The van der Waals surface area contributed by atoms with Gasteiger partial charge in [-0.2, -0.15) is 19.1 Å². The molecule has 174 valence electrons. The molecular formula is C22H17ClF2N6O3. The standard InChI is InChI=1S/C22H17ClF2N6O3/c23-14-3-1-13(2-4-14)20-18(30-10-16(32)9-19(30)33)11-31(29-20)22(27-12-26)28-15-5-7-17(8-6-15)34-21(24)25/h1-9,18,21,32H,10-11H2,(H,27,28). The highest BCUT2D eigenvalue weighted by Gasteiger charge is 2.39. The number of aliphatic hydroxyl groups excluding tert-OH is 1. The molecule has 2 aliphatic rings. The Hall–Kier alpha value is -4.17. The number of amides is 1. The van der Waals surface area contributed by atoms with E-state index >= 15 is 0 Å². The lowest BCUT2D eigenvalue weighted by Gasteiger charge is -2.25. The topological polar surface area (TPSA) is 114 Å². The Labute approximate surface area is 197 Å². The SMILES string of the molecule is N#CNC(=Nc1ccc(OC(F)F)cc1)N1CC(N2CC(O)=CC2=O)C(c2ccc(Cl)cc2)=N1. The van der Waals surface area contributed by atoms with Crippen LogP contribution in [0.15, 0.2) is 70.5 Å². The second-order valence-electron chi connectivity index (χ2n) is 7.24. The Bertz CT molecular complexity index is 1210. The number of hydrogen-bond donors (Lipinski definition) is 2. The van der Waals surface area contributed by atoms with E-state index in [1.807, 2.05) is 0 Å². The van der Waals surface area contributed by atoms with E-state index in [1.165, 1.54) is 34.2 Å². The number of alkyl halides is 2. The second kappa shape index (κ2) is 9.76. The van der Waals surface area contributed by atoms with Gasteiger partial charge in [0.15, 0.2) is 6.19 Å². The molecule has 0 fully saturated rings. The van der Waals surface area contributed by atoms with Crippen molar-refractivity contribution in [2.45, 2.75) is 12.7 Å². The van der Waals surface area contributed by atoms with Gasteiger partial charge < -0.3 is 14.7 Å². The normalized spacial score (nSPS) is 18.1. The molecule has 2 N–H and O–H groups in total. The van der Waals surface area contributed by atoms with Gasteiger partial charge in [-0.1, -0.05) is 23.7 Å². The number of ether oxygens (including phenoxy) is 1. The Kier molecular flexibility index (Phi) is 6.60. The Morgan fingerprint density at radius 1 is 1.26 bits per heavy atom. The van der Waals surface area contributed by atoms with E-state index in [4.69, 9.17) is 11.6 Å². The molecule has 2 aliphatic heterocycles. The van der Waals surface area contributed by atoms with Gasteiger partial charge in [0, 0.05) is 16.7 Å². The van der Waals surface area contributed by atoms with Gasteiger partial charge in [-0.15, -0.1) is 0 Å². The van der Waals surface area contributed by atoms with Crippen molar-refractivity contribution < 1.29 is 23.4 Å². The summed E-state index contributed by atoms with van der Waals surface area (Å²) in [6, 6.07) is 11.9. The van der Waals surface area contributed by atoms with Crippen LogP contribution in [0.2, 0.25) is 5.02 Å². The maximum Gasteiger partial charge on any atom is 0.387 e. The number of benzene rings is 2. The van der Waals surface area contributed by atoms with Crippen molar-refractivity contribution in [2.24, 2.45) is 10.1 Å². The van der Waals surface area contributed by atoms with Crippen LogP contribution in [0.5, 0.6) is 5.75 Å². The molecule has 2 heterocycles. The van der Waals surface area contributed by atoms with Crippen molar-refractivity contribution in [3.8, 4) is 11.9 Å². The largest absolute Gasteiger partial charge is 0.510 e. The van der Waals surface area contributed by atoms with E-state index in [9.17, 15) is 23.9 Å². The van der Waals surface area contributed by atoms with Crippen molar-refractivity contribution in [3.63, 3.8) is 0 Å². The number of hydrazone groups is 1. The third kappa shape index (κ3) is 5.07. The quantitative estimate of drug-likeness (QED) is 0.290. The summed E-state index contributed by atoms with van der Waals surface area (Å²) in [5.41, 5.74) is 1.56. The van der Waals surface area contributed by atoms with Crippen LogP contribution in [-0.2, 0) is 4.79 Å². The molecule has 2 aromatic carbocycles. The smallest absolute Gasteiger partial charge is 0.387 e. The molecular weight excluding hydrogens is 470 g/mol. The third-order valence-corrected chi connectivity index (χ3v) is 5.27. The minimum atomic E-state index is -2.95. The zero-order chi connectivity index (χ0) is 24.2. The van der Waals surface area contributed by atoms with Crippen molar-refractivity contribution in [3.05, 3.63) is 71.0 Å². The number of carbonyl (C=O) groups excluding carboxylic acids is 1. The fourth-order valence-corrected chi connectivity index (χ4v) is 3.68. The highest BCUT2D eigenvalue weighted by Crippen LogP contribution is 2.25. The number of aliphatic hydroxyl groups is 1. The highest BCUT2D eigenvalue weighted by atomic mass is 35.5. The Balaban J connectivity index is 1.66. The molecule has 34 heavy (non-hydrogen) atoms. The molecule has 12 heteroatoms. The van der Waals surface area contributed by atoms with Crippen LogP contribution in [0.1, 0.15) is 5.56 Å². The van der Waals surface area contributed by atoms with Crippen LogP contribution in [0.25, 0.3) is 0 Å². The minimum Gasteiger partial charge on any atom is -0.510 e. The number of guanidine groups is 1. The van der Waals surface area contributed by atoms with Crippen LogP contribution in [0.3, 0.4) is 0 Å². The maximum atomic E-state index is 12.4. The number of rotatable bonds is 5. The number of nitrogens with zero attached hydrogens (tertiary/aromatic N) is 5. The summed E-state index contributed by atoms with van der Waals surface area (Å²) in [6.45, 7) is -2.78. The van der Waals surface area contributed by atoms with E-state index < -0.39 is 12.7 Å². The highest BCUT2D eigenvalue weighted by molar-refractivity contribution is 6.30. The van der Waals surface area contributed by atoms with Gasteiger partial charge in [0.2, 0.25) is 5.96 Å². The zero-order valence-corrected chi connectivity index (χ0v) is 18.2. The number of nitriles is 1. The van der Waals surface area contributed by atoms with Gasteiger partial charge in [0.1, 0.15) is 11.5 Å². The molecule has 0 radical (unpaired) electrons. The van der Waals surface area contributed by atoms with Gasteiger partial charge in [-0.3, -0.25) is 10.1 Å². The first kappa shape index (κ1) is 23.0. The predicted molar refractivity (Wildman–Crippen MR) is 120 cm³/mol. The molecule has 0 spiro atoms. The molecule has 0 aliphatic carbocycles. The van der Waals surface area contributed by atoms with Gasteiger partial charge in [0.05, 0.1) is 30.5 Å². The predicted octanol–water partition coefficient (Wildman–Crippen LogP) is 3.37. The minimum absolute atomic E-state index is 0.0215. The van der Waals surface area contributed by atoms with Crippen LogP contribution in [0.4, 0.5) is 14.5 Å². The Morgan fingerprint density at radius 3 is 2.56 bits per heavy atom. The first-order valence-corrected chi connectivity index (χ1v) is 10.3. The first-order valence-electron chi connectivity index (χ1n) is 9.95. The number of carbonyl (C=O) groups is 1. The molecule has 1 unspecified atom stereocenters. The van der Waals surface area contributed by atoms with Crippen molar-refractivity contribution >= 4 is 34.9 Å². The summed E-state index contributed by atoms with van der Waals surface area (Å²) in [6.07, 6.45) is 2.95. The molecule has 9 nitrogen and oxygen atoms in total. The summed E-state index contributed by atoms with van der Waals surface area (Å²) in [5.74, 6) is -0.405. The molecule has 0 bridgehead atoms. The fraction of sp³-hybridized carbons (Fsp3) is 0.182. The first-order chi connectivity index (χ1) is 16.3. The second-order valence-corrected chi connectivity index (χ2v) is 7.67. The van der Waals surface area contributed by atoms with Crippen molar-refractivity contribution in [1.82, 2.24) is 15.2 Å². The van der Waals surface area contributed by atoms with E-state index in [0.29, 0.717) is 22.0 Å². The van der Waals surface area contributed by atoms with Crippen LogP contribution in [0, 0.1) is 11.5 Å². The monoisotopic (exact) mass is 486 g/mol. The van der Waals surface area contributed by atoms with Gasteiger partial charge in [-0.05, 0) is 36.4 Å². The summed E-state index contributed by atoms with van der Waals surface area (Å²) in [4.78, 5) is 18.3. The maximum absolute atomic E-state index is 12.4. The van der Waals surface area contributed by atoms with Gasteiger partial charge in [0.25, 0.3) is 5.91 Å². The zero-order valence-electron chi connectivity index (χ0n) is 17.4. The number of halogens is 3. The summed E-state index contributed by atoms with van der Waals surface area (Å²) >= 11 is 6.00. The average molecular weight is 487 g/mol. The van der Waals surface area contributed by atoms with E-state index in [2.05, 4.69) is 20.1 Å². The molecule has 4 rings (SSSR count). The van der Waals surface area contributed by atoms with Crippen molar-refractivity contribution in [1.29, 1.82) is 5.26 Å². The van der Waals surface area contributed by atoms with E-state index in [1.54, 1.807) is 30.5 Å². The van der Waals surface area contributed by atoms with E-state index in [0.717, 1.165) is 6.08 Å². The van der Waals surface area contributed by atoms with Crippen molar-refractivity contribution in [2.75, 3.05) is 13.1 Å². The molecule has 0 aromatic heterocycles. The molecule has 1 atom stereocenters. The number of hydrogen-bond acceptors (Lipinski definition) is 6. The third-order valence-electron chi connectivity index (χ3n) is 5.02. The van der Waals surface area contributed by atoms with Gasteiger partial charge in [-0.25, -0.2) is 10.0 Å². The van der Waals surface area contributed by atoms with Gasteiger partial charge >= 0.3 is 6.61 Å². The van der Waals surface area contributed by atoms with E-state index in [-0.39, 0.29) is 36.5 Å². The lowest BCUT2D eigenvalue weighted by molar-refractivity contribution is -0.125. The Morgan fingerprint density at radius 2 is 1.97 bits per heavy atom. The van der Waals surface area contributed by atoms with Crippen LogP contribution in [-0.4, -0.2) is 58.3 Å². The molecule has 2 aromatic rings. The average Bonchev–Trinajstić information content (AvgIpc) is 3.37. The number of aliphatic imine (C=N–C) groups is 1. The number of nitrogens with one attached hydrogen (secondary N) is 1. The fourth-order valence-electron chi connectivity index (χ4n) is 3.55. The lowest BCUT2D eigenvalue weighted by Crippen LogP contribution is -2.46.